The van der Waals surface area contributed by atoms with Gasteiger partial charge in [0.2, 0.25) is 0 Å². The maximum absolute atomic E-state index is 12.8. The van der Waals surface area contributed by atoms with Crippen molar-refractivity contribution in [2.45, 2.75) is 13.8 Å². The topological polar surface area (TPSA) is 79.6 Å². The number of carbonyl (C=O) groups excluding carboxylic acids is 1. The third-order valence-electron chi connectivity index (χ3n) is 5.02. The van der Waals surface area contributed by atoms with Gasteiger partial charge in [0.05, 0.1) is 15.1 Å². The van der Waals surface area contributed by atoms with E-state index in [-0.39, 0.29) is 11.6 Å². The van der Waals surface area contributed by atoms with Gasteiger partial charge in [-0.2, -0.15) is 0 Å². The summed E-state index contributed by atoms with van der Waals surface area (Å²) in [6.45, 7) is 6.63. The van der Waals surface area contributed by atoms with Crippen molar-refractivity contribution >= 4 is 38.3 Å². The molecule has 0 bridgehead atoms. The van der Waals surface area contributed by atoms with E-state index in [9.17, 15) is 14.9 Å². The Kier molecular flexibility index (Phi) is 4.72. The summed E-state index contributed by atoms with van der Waals surface area (Å²) in [6.07, 6.45) is 0. The average Bonchev–Trinajstić information content (AvgIpc) is 3.11. The number of hydrogen-bond acceptors (Lipinski definition) is 6. The second kappa shape index (κ2) is 7.20. The molecule has 4 rings (SSSR count). The molecule has 144 valence electrons. The Hall–Kier alpha value is -3.00. The Morgan fingerprint density at radius 3 is 2.54 bits per heavy atom. The highest BCUT2D eigenvalue weighted by atomic mass is 32.1. The van der Waals surface area contributed by atoms with Crippen LogP contribution in [0.4, 0.5) is 10.8 Å². The van der Waals surface area contributed by atoms with E-state index in [1.165, 1.54) is 17.4 Å². The highest BCUT2D eigenvalue weighted by Crippen LogP contribution is 2.32. The van der Waals surface area contributed by atoms with Crippen LogP contribution < -0.4 is 4.90 Å². The minimum atomic E-state index is -0.393. The van der Waals surface area contributed by atoms with Crippen molar-refractivity contribution in [2.24, 2.45) is 0 Å². The number of benzene rings is 2. The van der Waals surface area contributed by atoms with Crippen LogP contribution in [-0.2, 0) is 0 Å². The molecule has 0 unspecified atom stereocenters. The maximum Gasteiger partial charge on any atom is 0.270 e. The van der Waals surface area contributed by atoms with E-state index in [1.54, 1.807) is 12.1 Å². The normalized spacial score (nSPS) is 14.5. The second-order valence-corrected chi connectivity index (χ2v) is 8.01. The summed E-state index contributed by atoms with van der Waals surface area (Å²) in [6, 6.07) is 10.6. The molecular formula is C20H20N4O3S. The maximum atomic E-state index is 12.8. The van der Waals surface area contributed by atoms with E-state index in [4.69, 9.17) is 0 Å². The number of aromatic nitrogens is 1. The molecule has 1 aliphatic heterocycles. The molecule has 2 aromatic carbocycles. The molecule has 8 heteroatoms. The molecule has 7 nitrogen and oxygen atoms in total. The van der Waals surface area contributed by atoms with Gasteiger partial charge in [-0.3, -0.25) is 14.9 Å². The molecule has 0 radical (unpaired) electrons. The number of amides is 1. The van der Waals surface area contributed by atoms with Crippen molar-refractivity contribution in [3.63, 3.8) is 0 Å². The first-order valence-electron chi connectivity index (χ1n) is 9.09. The Morgan fingerprint density at radius 1 is 1.11 bits per heavy atom. The molecule has 0 atom stereocenters. The zero-order valence-corrected chi connectivity index (χ0v) is 16.5. The van der Waals surface area contributed by atoms with Crippen LogP contribution in [0.15, 0.2) is 36.4 Å². The smallest absolute Gasteiger partial charge is 0.270 e. The lowest BCUT2D eigenvalue weighted by atomic mass is 10.0. The van der Waals surface area contributed by atoms with Crippen LogP contribution in [0.5, 0.6) is 0 Å². The number of nitrogens with zero attached hydrogens (tertiary/aromatic N) is 4. The van der Waals surface area contributed by atoms with Crippen LogP contribution in [0, 0.1) is 24.0 Å². The van der Waals surface area contributed by atoms with Crippen molar-refractivity contribution in [3.8, 4) is 0 Å². The third-order valence-corrected chi connectivity index (χ3v) is 6.10. The molecule has 0 saturated carbocycles. The first kappa shape index (κ1) is 18.4. The molecule has 1 aliphatic rings. The molecule has 0 aliphatic carbocycles. The minimum absolute atomic E-state index is 0.0667. The number of nitro benzene ring substituents is 1. The lowest BCUT2D eigenvalue weighted by Crippen LogP contribution is -2.48. The number of nitro groups is 1. The van der Waals surface area contributed by atoms with E-state index < -0.39 is 4.92 Å². The Balaban J connectivity index is 1.47. The number of hydrogen-bond donors (Lipinski definition) is 0. The lowest BCUT2D eigenvalue weighted by molar-refractivity contribution is -0.384. The van der Waals surface area contributed by atoms with Gasteiger partial charge in [-0.25, -0.2) is 4.98 Å². The molecule has 1 fully saturated rings. The van der Waals surface area contributed by atoms with Crippen LogP contribution in [0.1, 0.15) is 21.5 Å². The molecular weight excluding hydrogens is 376 g/mol. The fraction of sp³-hybridized carbons (Fsp3) is 0.300. The summed E-state index contributed by atoms with van der Waals surface area (Å²) in [5.74, 6) is 0.0667. The van der Waals surface area contributed by atoms with Crippen molar-refractivity contribution < 1.29 is 9.72 Å². The van der Waals surface area contributed by atoms with Gasteiger partial charge in [0.25, 0.3) is 11.6 Å². The lowest BCUT2D eigenvalue weighted by Gasteiger charge is -2.34. The van der Waals surface area contributed by atoms with Gasteiger partial charge in [-0.1, -0.05) is 29.0 Å². The summed E-state index contributed by atoms with van der Waals surface area (Å²) in [5, 5.41) is 11.8. The molecule has 0 N–H and O–H groups in total. The quantitative estimate of drug-likeness (QED) is 0.497. The SMILES string of the molecule is Cc1ccc(C(=O)N2CCN(c3nc4ccc([N+](=O)[O-])cc4s3)CC2)c(C)c1. The number of fused-ring (bicyclic) bond motifs is 1. The molecule has 0 spiro atoms. The number of anilines is 1. The predicted octanol–water partition coefficient (Wildman–Crippen LogP) is 3.78. The number of rotatable bonds is 3. The van der Waals surface area contributed by atoms with Gasteiger partial charge in [0.15, 0.2) is 5.13 Å². The molecule has 2 heterocycles. The zero-order valence-electron chi connectivity index (χ0n) is 15.7. The Bertz CT molecular complexity index is 1070. The Morgan fingerprint density at radius 2 is 1.86 bits per heavy atom. The predicted molar refractivity (Wildman–Crippen MR) is 110 cm³/mol. The fourth-order valence-electron chi connectivity index (χ4n) is 3.47. The summed E-state index contributed by atoms with van der Waals surface area (Å²) >= 11 is 1.45. The first-order valence-corrected chi connectivity index (χ1v) is 9.90. The summed E-state index contributed by atoms with van der Waals surface area (Å²) < 4.78 is 0.804. The van der Waals surface area contributed by atoms with Gasteiger partial charge in [-0.15, -0.1) is 0 Å². The molecule has 1 amide bonds. The van der Waals surface area contributed by atoms with E-state index in [0.29, 0.717) is 26.2 Å². The third kappa shape index (κ3) is 3.43. The van der Waals surface area contributed by atoms with Crippen molar-refractivity contribution in [3.05, 3.63) is 63.2 Å². The standard InChI is InChI=1S/C20H20N4O3S/c1-13-3-5-16(14(2)11-13)19(25)22-7-9-23(10-8-22)20-21-17-6-4-15(24(26)27)12-18(17)28-20/h3-6,11-12H,7-10H2,1-2H3. The molecule has 3 aromatic rings. The van der Waals surface area contributed by atoms with E-state index in [2.05, 4.69) is 9.88 Å². The van der Waals surface area contributed by atoms with Crippen molar-refractivity contribution in [1.82, 2.24) is 9.88 Å². The minimum Gasteiger partial charge on any atom is -0.345 e. The van der Waals surface area contributed by atoms with Crippen LogP contribution in [-0.4, -0.2) is 46.9 Å². The highest BCUT2D eigenvalue weighted by molar-refractivity contribution is 7.22. The average molecular weight is 396 g/mol. The van der Waals surface area contributed by atoms with Gasteiger partial charge in [-0.05, 0) is 31.5 Å². The zero-order chi connectivity index (χ0) is 19.8. The van der Waals surface area contributed by atoms with Crippen LogP contribution in [0.25, 0.3) is 10.2 Å². The molecule has 1 aromatic heterocycles. The van der Waals surface area contributed by atoms with E-state index in [1.807, 2.05) is 36.9 Å². The largest absolute Gasteiger partial charge is 0.345 e. The molecule has 1 saturated heterocycles. The fourth-order valence-corrected chi connectivity index (χ4v) is 4.52. The van der Waals surface area contributed by atoms with Crippen LogP contribution >= 0.6 is 11.3 Å². The second-order valence-electron chi connectivity index (χ2n) is 7.00. The number of thiazole rings is 1. The van der Waals surface area contributed by atoms with Gasteiger partial charge in [0, 0.05) is 43.9 Å². The number of non-ortho nitro benzene ring substituents is 1. The van der Waals surface area contributed by atoms with Gasteiger partial charge in [0.1, 0.15) is 0 Å². The summed E-state index contributed by atoms with van der Waals surface area (Å²) in [4.78, 5) is 32.0. The van der Waals surface area contributed by atoms with Crippen molar-refractivity contribution in [2.75, 3.05) is 31.1 Å². The molecule has 28 heavy (non-hydrogen) atoms. The number of piperazine rings is 1. The summed E-state index contributed by atoms with van der Waals surface area (Å²) in [7, 11) is 0. The van der Waals surface area contributed by atoms with Gasteiger partial charge < -0.3 is 9.80 Å². The van der Waals surface area contributed by atoms with Crippen LogP contribution in [0.2, 0.25) is 0 Å². The van der Waals surface area contributed by atoms with Crippen LogP contribution in [0.3, 0.4) is 0 Å². The number of carbonyl (C=O) groups is 1. The van der Waals surface area contributed by atoms with E-state index in [0.717, 1.165) is 32.0 Å². The highest BCUT2D eigenvalue weighted by Gasteiger charge is 2.25. The Labute approximate surface area is 166 Å². The summed E-state index contributed by atoms with van der Waals surface area (Å²) in [5.41, 5.74) is 3.74. The first-order chi connectivity index (χ1) is 13.4. The van der Waals surface area contributed by atoms with Crippen molar-refractivity contribution in [1.29, 1.82) is 0 Å². The van der Waals surface area contributed by atoms with E-state index >= 15 is 0 Å². The van der Waals surface area contributed by atoms with Gasteiger partial charge >= 0.3 is 0 Å². The number of aryl methyl sites for hydroxylation is 2. The monoisotopic (exact) mass is 396 g/mol.